The molecule has 3 amide bonds. The molecule has 9 nitrogen and oxygen atoms in total. The number of rotatable bonds is 3. The summed E-state index contributed by atoms with van der Waals surface area (Å²) < 4.78 is 41.4. The van der Waals surface area contributed by atoms with E-state index in [1.165, 1.54) is 12.1 Å². The van der Waals surface area contributed by atoms with Crippen molar-refractivity contribution in [2.24, 2.45) is 0 Å². The highest BCUT2D eigenvalue weighted by Gasteiger charge is 2.42. The summed E-state index contributed by atoms with van der Waals surface area (Å²) in [6.07, 6.45) is -2.60. The molecule has 0 bridgehead atoms. The molecule has 1 aromatic heterocycles. The van der Waals surface area contributed by atoms with Crippen LogP contribution in [0.5, 0.6) is 5.75 Å². The van der Waals surface area contributed by atoms with Gasteiger partial charge in [-0.1, -0.05) is 6.07 Å². The minimum absolute atomic E-state index is 0.00858. The van der Waals surface area contributed by atoms with Gasteiger partial charge >= 0.3 is 12.4 Å². The lowest BCUT2D eigenvalue weighted by atomic mass is 10.1. The standard InChI is InChI=1S/C23H27F3N6O3/c1-13-10-30-8-4-6-16(30)11-31(13)22(34)32-12-18-19(14(32)2)28-29-20(18)27-21(33)15-5-3-7-17(9-15)35-23(24,25)26/h3,5,7,9,13-14,16H,4,6,8,10-12H2,1-2H3,(H2,27,28,29,33). The second-order valence-electron chi connectivity index (χ2n) is 9.37. The normalized spacial score (nSPS) is 24.3. The summed E-state index contributed by atoms with van der Waals surface area (Å²) in [7, 11) is 0. The number of amides is 3. The zero-order chi connectivity index (χ0) is 24.9. The first-order chi connectivity index (χ1) is 16.6. The maximum Gasteiger partial charge on any atom is 0.573 e. The highest BCUT2D eigenvalue weighted by molar-refractivity contribution is 6.04. The Morgan fingerprint density at radius 3 is 2.77 bits per heavy atom. The van der Waals surface area contributed by atoms with Crippen LogP contribution in [0.4, 0.5) is 23.8 Å². The second kappa shape index (κ2) is 8.74. The van der Waals surface area contributed by atoms with Crippen molar-refractivity contribution in [3.05, 3.63) is 41.1 Å². The molecule has 0 saturated carbocycles. The van der Waals surface area contributed by atoms with Crippen molar-refractivity contribution in [2.75, 3.05) is 25.0 Å². The molecule has 2 N–H and O–H groups in total. The topological polar surface area (TPSA) is 93.8 Å². The number of carbonyl (C=O) groups excluding carboxylic acids is 2. The third kappa shape index (κ3) is 4.54. The van der Waals surface area contributed by atoms with Gasteiger partial charge in [0.2, 0.25) is 0 Å². The van der Waals surface area contributed by atoms with Gasteiger partial charge in [-0.15, -0.1) is 13.2 Å². The first-order valence-corrected chi connectivity index (χ1v) is 11.7. The first-order valence-electron chi connectivity index (χ1n) is 11.7. The summed E-state index contributed by atoms with van der Waals surface area (Å²) in [5.41, 5.74) is 1.41. The number of benzene rings is 1. The number of ether oxygens (including phenoxy) is 1. The van der Waals surface area contributed by atoms with E-state index in [2.05, 4.69) is 32.1 Å². The van der Waals surface area contributed by atoms with Gasteiger partial charge in [0.05, 0.1) is 18.3 Å². The molecule has 2 aromatic rings. The molecule has 35 heavy (non-hydrogen) atoms. The molecule has 5 rings (SSSR count). The van der Waals surface area contributed by atoms with Crippen molar-refractivity contribution in [1.29, 1.82) is 0 Å². The number of fused-ring (bicyclic) bond motifs is 2. The van der Waals surface area contributed by atoms with Crippen LogP contribution < -0.4 is 10.1 Å². The largest absolute Gasteiger partial charge is 0.573 e. The number of halogens is 3. The second-order valence-corrected chi connectivity index (χ2v) is 9.37. The highest BCUT2D eigenvalue weighted by Crippen LogP contribution is 2.37. The average molecular weight is 493 g/mol. The predicted molar refractivity (Wildman–Crippen MR) is 120 cm³/mol. The molecule has 188 valence electrons. The number of piperazine rings is 1. The summed E-state index contributed by atoms with van der Waals surface area (Å²) in [6, 6.07) is 5.02. The summed E-state index contributed by atoms with van der Waals surface area (Å²) in [6.45, 7) is 6.90. The fourth-order valence-electron chi connectivity index (χ4n) is 5.32. The van der Waals surface area contributed by atoms with E-state index >= 15 is 0 Å². The Balaban J connectivity index is 1.28. The third-order valence-corrected chi connectivity index (χ3v) is 7.10. The van der Waals surface area contributed by atoms with Gasteiger partial charge in [0.1, 0.15) is 5.75 Å². The molecule has 3 aliphatic rings. The summed E-state index contributed by atoms with van der Waals surface area (Å²) in [5, 5.41) is 9.74. The Labute approximate surface area is 200 Å². The van der Waals surface area contributed by atoms with Crippen LogP contribution in [0.3, 0.4) is 0 Å². The van der Waals surface area contributed by atoms with Crippen LogP contribution >= 0.6 is 0 Å². The number of hydrogen-bond donors (Lipinski definition) is 2. The molecule has 0 spiro atoms. The van der Waals surface area contributed by atoms with Crippen LogP contribution in [0, 0.1) is 0 Å². The molecule has 1 aromatic carbocycles. The van der Waals surface area contributed by atoms with E-state index in [9.17, 15) is 22.8 Å². The smallest absolute Gasteiger partial charge is 0.406 e. The van der Waals surface area contributed by atoms with Crippen molar-refractivity contribution in [3.63, 3.8) is 0 Å². The molecular weight excluding hydrogens is 465 g/mol. The maximum atomic E-state index is 13.5. The minimum Gasteiger partial charge on any atom is -0.406 e. The van der Waals surface area contributed by atoms with Crippen molar-refractivity contribution in [2.45, 2.75) is 57.7 Å². The van der Waals surface area contributed by atoms with Gasteiger partial charge in [-0.05, 0) is 51.4 Å². The van der Waals surface area contributed by atoms with Gasteiger partial charge in [0.25, 0.3) is 5.91 Å². The van der Waals surface area contributed by atoms with Crippen LogP contribution in [0.15, 0.2) is 24.3 Å². The molecule has 0 radical (unpaired) electrons. The number of nitrogens with zero attached hydrogens (tertiary/aromatic N) is 4. The van der Waals surface area contributed by atoms with E-state index in [4.69, 9.17) is 0 Å². The van der Waals surface area contributed by atoms with Gasteiger partial charge in [-0.3, -0.25) is 14.8 Å². The lowest BCUT2D eigenvalue weighted by molar-refractivity contribution is -0.274. The Hall–Kier alpha value is -3.28. The molecular formula is C23H27F3N6O3. The highest BCUT2D eigenvalue weighted by atomic mass is 19.4. The van der Waals surface area contributed by atoms with Gasteiger partial charge in [-0.25, -0.2) is 4.79 Å². The van der Waals surface area contributed by atoms with Crippen molar-refractivity contribution in [3.8, 4) is 5.75 Å². The number of hydrogen-bond acceptors (Lipinski definition) is 5. The molecule has 2 saturated heterocycles. The molecule has 0 aliphatic carbocycles. The van der Waals surface area contributed by atoms with Gasteiger partial charge in [0, 0.05) is 36.3 Å². The summed E-state index contributed by atoms with van der Waals surface area (Å²) >= 11 is 0. The zero-order valence-corrected chi connectivity index (χ0v) is 19.4. The lowest BCUT2D eigenvalue weighted by Crippen LogP contribution is -2.59. The molecule has 12 heteroatoms. The van der Waals surface area contributed by atoms with E-state index in [0.29, 0.717) is 18.2 Å². The van der Waals surface area contributed by atoms with Crippen molar-refractivity contribution < 1.29 is 27.5 Å². The predicted octanol–water partition coefficient (Wildman–Crippen LogP) is 3.73. The van der Waals surface area contributed by atoms with Gasteiger partial charge in [-0.2, -0.15) is 5.10 Å². The van der Waals surface area contributed by atoms with Crippen LogP contribution in [0.25, 0.3) is 0 Å². The number of aromatic nitrogens is 2. The number of H-pyrrole nitrogens is 1. The van der Waals surface area contributed by atoms with Crippen LogP contribution in [-0.2, 0) is 6.54 Å². The van der Waals surface area contributed by atoms with Crippen molar-refractivity contribution >= 4 is 17.8 Å². The number of urea groups is 1. The number of nitrogens with one attached hydrogen (secondary N) is 2. The van der Waals surface area contributed by atoms with E-state index in [1.54, 1.807) is 4.90 Å². The minimum atomic E-state index is -4.86. The SMILES string of the molecule is CC1CN2CCCC2CN1C(=O)N1Cc2c(NC(=O)c3cccc(OC(F)(F)F)c3)n[nH]c2C1C. The first kappa shape index (κ1) is 23.5. The Morgan fingerprint density at radius 2 is 2.00 bits per heavy atom. The number of anilines is 1. The van der Waals surface area contributed by atoms with Crippen LogP contribution in [0.2, 0.25) is 0 Å². The maximum absolute atomic E-state index is 13.5. The van der Waals surface area contributed by atoms with Crippen LogP contribution in [0.1, 0.15) is 54.3 Å². The summed E-state index contributed by atoms with van der Waals surface area (Å²) in [5.74, 6) is -0.863. The fraction of sp³-hybridized carbons (Fsp3) is 0.522. The van der Waals surface area contributed by atoms with Gasteiger partial charge in [0.15, 0.2) is 5.82 Å². The molecule has 3 atom stereocenters. The Morgan fingerprint density at radius 1 is 1.20 bits per heavy atom. The number of carbonyl (C=O) groups is 2. The van der Waals surface area contributed by atoms with E-state index in [1.807, 2.05) is 11.8 Å². The van der Waals surface area contributed by atoms with E-state index in [0.717, 1.165) is 43.8 Å². The van der Waals surface area contributed by atoms with Crippen LogP contribution in [-0.4, -0.2) is 74.9 Å². The number of alkyl halides is 3. The van der Waals surface area contributed by atoms with E-state index < -0.39 is 18.0 Å². The lowest BCUT2D eigenvalue weighted by Gasteiger charge is -2.44. The van der Waals surface area contributed by atoms with Gasteiger partial charge < -0.3 is 19.9 Å². The molecule has 3 aliphatic heterocycles. The molecule has 4 heterocycles. The Bertz CT molecular complexity index is 1140. The number of aromatic amines is 1. The third-order valence-electron chi connectivity index (χ3n) is 7.10. The van der Waals surface area contributed by atoms with Crippen molar-refractivity contribution in [1.82, 2.24) is 24.9 Å². The Kier molecular flexibility index (Phi) is 5.86. The fourth-order valence-corrected chi connectivity index (χ4v) is 5.32. The molecule has 2 fully saturated rings. The quantitative estimate of drug-likeness (QED) is 0.681. The zero-order valence-electron chi connectivity index (χ0n) is 19.4. The molecule has 3 unspecified atom stereocenters. The monoisotopic (exact) mass is 492 g/mol. The summed E-state index contributed by atoms with van der Waals surface area (Å²) in [4.78, 5) is 32.4. The average Bonchev–Trinajstić information content (AvgIpc) is 3.49. The van der Waals surface area contributed by atoms with E-state index in [-0.39, 0.29) is 36.0 Å².